The van der Waals surface area contributed by atoms with E-state index in [0.29, 0.717) is 5.82 Å². The van der Waals surface area contributed by atoms with Gasteiger partial charge in [0, 0.05) is 50.5 Å². The van der Waals surface area contributed by atoms with Crippen LogP contribution in [0.2, 0.25) is 0 Å². The summed E-state index contributed by atoms with van der Waals surface area (Å²) in [4.78, 5) is 22.4. The van der Waals surface area contributed by atoms with E-state index in [1.807, 2.05) is 37.3 Å². The van der Waals surface area contributed by atoms with Crippen molar-refractivity contribution in [2.45, 2.75) is 13.8 Å². The minimum Gasteiger partial charge on any atom is -0.379 e. The van der Waals surface area contributed by atoms with Gasteiger partial charge in [-0.1, -0.05) is 0 Å². The second kappa shape index (κ2) is 9.29. The van der Waals surface area contributed by atoms with Crippen LogP contribution in [0, 0.1) is 6.92 Å². The van der Waals surface area contributed by atoms with Gasteiger partial charge < -0.3 is 20.7 Å². The normalized spacial score (nSPS) is 14.6. The fraction of sp³-hybridized carbons (Fsp3) is 0.421. The topological polar surface area (TPSA) is 91.4 Å². The molecule has 0 aliphatic carbocycles. The number of carbonyl (C=O) groups is 1. The zero-order valence-electron chi connectivity index (χ0n) is 15.8. The van der Waals surface area contributed by atoms with Gasteiger partial charge in [0.05, 0.1) is 13.2 Å². The second-order valence-corrected chi connectivity index (χ2v) is 6.45. The number of nitrogens with one attached hydrogen (secondary N) is 3. The summed E-state index contributed by atoms with van der Waals surface area (Å²) in [5.74, 6) is 2.13. The molecule has 0 spiro atoms. The molecule has 8 nitrogen and oxygen atoms in total. The number of ether oxygens (including phenoxy) is 1. The molecule has 1 aromatic carbocycles. The Bertz CT molecular complexity index is 759. The van der Waals surface area contributed by atoms with Gasteiger partial charge in [-0.05, 0) is 31.2 Å². The number of hydrogen-bond donors (Lipinski definition) is 3. The fourth-order valence-electron chi connectivity index (χ4n) is 2.88. The summed E-state index contributed by atoms with van der Waals surface area (Å²) in [5, 5.41) is 9.39. The summed E-state index contributed by atoms with van der Waals surface area (Å²) in [5.41, 5.74) is 1.65. The monoisotopic (exact) mass is 370 g/mol. The van der Waals surface area contributed by atoms with Gasteiger partial charge in [0.25, 0.3) is 0 Å². The van der Waals surface area contributed by atoms with E-state index in [1.165, 1.54) is 6.92 Å². The molecule has 0 atom stereocenters. The summed E-state index contributed by atoms with van der Waals surface area (Å²) in [6, 6.07) is 9.38. The number of nitrogens with zero attached hydrogens (tertiary/aromatic N) is 3. The lowest BCUT2D eigenvalue weighted by molar-refractivity contribution is -0.114. The Labute approximate surface area is 159 Å². The lowest BCUT2D eigenvalue weighted by Gasteiger charge is -2.26. The highest BCUT2D eigenvalue weighted by Crippen LogP contribution is 2.19. The van der Waals surface area contributed by atoms with Crippen molar-refractivity contribution >= 4 is 28.9 Å². The van der Waals surface area contributed by atoms with E-state index < -0.39 is 0 Å². The van der Waals surface area contributed by atoms with Crippen molar-refractivity contribution in [1.29, 1.82) is 0 Å². The number of carbonyl (C=O) groups excluding carboxylic acids is 1. The molecule has 0 unspecified atom stereocenters. The minimum atomic E-state index is -0.0880. The number of rotatable bonds is 7. The first-order valence-electron chi connectivity index (χ1n) is 9.13. The Morgan fingerprint density at radius 2 is 1.78 bits per heavy atom. The van der Waals surface area contributed by atoms with Crippen molar-refractivity contribution in [3.8, 4) is 0 Å². The Morgan fingerprint density at radius 3 is 2.48 bits per heavy atom. The third-order valence-electron chi connectivity index (χ3n) is 4.15. The van der Waals surface area contributed by atoms with Gasteiger partial charge in [-0.25, -0.2) is 9.97 Å². The molecule has 3 rings (SSSR count). The standard InChI is InChI=1S/C19H26N6O2/c1-14-21-18(20-7-8-25-9-11-27-12-10-25)13-19(22-14)24-17-5-3-16(4-6-17)23-15(2)26/h3-6,13H,7-12H2,1-2H3,(H,23,26)(H2,20,21,22,24). The lowest BCUT2D eigenvalue weighted by Crippen LogP contribution is -2.39. The fourth-order valence-corrected chi connectivity index (χ4v) is 2.88. The third-order valence-corrected chi connectivity index (χ3v) is 4.15. The van der Waals surface area contributed by atoms with E-state index in [2.05, 4.69) is 30.8 Å². The van der Waals surface area contributed by atoms with Crippen molar-refractivity contribution in [2.24, 2.45) is 0 Å². The molecule has 1 fully saturated rings. The highest BCUT2D eigenvalue weighted by molar-refractivity contribution is 5.88. The average molecular weight is 370 g/mol. The molecule has 8 heteroatoms. The molecule has 27 heavy (non-hydrogen) atoms. The van der Waals surface area contributed by atoms with Crippen molar-refractivity contribution in [2.75, 3.05) is 55.3 Å². The second-order valence-electron chi connectivity index (χ2n) is 6.45. The molecule has 1 amide bonds. The van der Waals surface area contributed by atoms with Crippen LogP contribution in [0.15, 0.2) is 30.3 Å². The molecular weight excluding hydrogens is 344 g/mol. The Hall–Kier alpha value is -2.71. The number of morpholine rings is 1. The van der Waals surface area contributed by atoms with Gasteiger partial charge >= 0.3 is 0 Å². The van der Waals surface area contributed by atoms with Gasteiger partial charge in [0.15, 0.2) is 0 Å². The molecule has 144 valence electrons. The number of benzene rings is 1. The van der Waals surface area contributed by atoms with Crippen LogP contribution in [0.3, 0.4) is 0 Å². The Morgan fingerprint density at radius 1 is 1.11 bits per heavy atom. The molecule has 1 aliphatic rings. The summed E-state index contributed by atoms with van der Waals surface area (Å²) in [6.45, 7) is 8.71. The van der Waals surface area contributed by atoms with Crippen LogP contribution in [0.4, 0.5) is 23.0 Å². The van der Waals surface area contributed by atoms with E-state index in [1.54, 1.807) is 0 Å². The molecule has 3 N–H and O–H groups in total. The summed E-state index contributed by atoms with van der Waals surface area (Å²) >= 11 is 0. The van der Waals surface area contributed by atoms with E-state index in [9.17, 15) is 4.79 Å². The predicted molar refractivity (Wildman–Crippen MR) is 107 cm³/mol. The number of amides is 1. The molecule has 0 radical (unpaired) electrons. The summed E-state index contributed by atoms with van der Waals surface area (Å²) in [6.07, 6.45) is 0. The Kier molecular flexibility index (Phi) is 6.56. The van der Waals surface area contributed by atoms with E-state index in [-0.39, 0.29) is 5.91 Å². The van der Waals surface area contributed by atoms with Gasteiger partial charge in [-0.2, -0.15) is 0 Å². The van der Waals surface area contributed by atoms with Gasteiger partial charge in [0.2, 0.25) is 5.91 Å². The van der Waals surface area contributed by atoms with Crippen LogP contribution in [-0.4, -0.2) is 60.2 Å². The molecular formula is C19H26N6O2. The first-order valence-corrected chi connectivity index (χ1v) is 9.13. The van der Waals surface area contributed by atoms with Crippen LogP contribution >= 0.6 is 0 Å². The van der Waals surface area contributed by atoms with Crippen LogP contribution in [0.1, 0.15) is 12.7 Å². The number of hydrogen-bond acceptors (Lipinski definition) is 7. The van der Waals surface area contributed by atoms with E-state index in [4.69, 9.17) is 4.74 Å². The molecule has 0 bridgehead atoms. The molecule has 1 aliphatic heterocycles. The first-order chi connectivity index (χ1) is 13.1. The summed E-state index contributed by atoms with van der Waals surface area (Å²) in [7, 11) is 0. The number of aryl methyl sites for hydroxylation is 1. The van der Waals surface area contributed by atoms with Crippen molar-refractivity contribution in [3.63, 3.8) is 0 Å². The average Bonchev–Trinajstić information content (AvgIpc) is 2.63. The smallest absolute Gasteiger partial charge is 0.221 e. The molecule has 2 heterocycles. The van der Waals surface area contributed by atoms with Crippen molar-refractivity contribution < 1.29 is 9.53 Å². The SMILES string of the molecule is CC(=O)Nc1ccc(Nc2cc(NCCN3CCOCC3)nc(C)n2)cc1. The molecule has 0 saturated carbocycles. The van der Waals surface area contributed by atoms with Crippen molar-refractivity contribution in [1.82, 2.24) is 14.9 Å². The van der Waals surface area contributed by atoms with Crippen LogP contribution in [0.25, 0.3) is 0 Å². The quantitative estimate of drug-likeness (QED) is 0.688. The maximum absolute atomic E-state index is 11.1. The highest BCUT2D eigenvalue weighted by Gasteiger charge is 2.10. The van der Waals surface area contributed by atoms with Gasteiger partial charge in [-0.3, -0.25) is 9.69 Å². The Balaban J connectivity index is 1.56. The van der Waals surface area contributed by atoms with Crippen LogP contribution < -0.4 is 16.0 Å². The lowest BCUT2D eigenvalue weighted by atomic mass is 10.2. The minimum absolute atomic E-state index is 0.0880. The maximum Gasteiger partial charge on any atom is 0.221 e. The van der Waals surface area contributed by atoms with Crippen molar-refractivity contribution in [3.05, 3.63) is 36.2 Å². The van der Waals surface area contributed by atoms with E-state index >= 15 is 0 Å². The van der Waals surface area contributed by atoms with Crippen LogP contribution in [-0.2, 0) is 9.53 Å². The van der Waals surface area contributed by atoms with Gasteiger partial charge in [0.1, 0.15) is 17.5 Å². The maximum atomic E-state index is 11.1. The summed E-state index contributed by atoms with van der Waals surface area (Å²) < 4.78 is 5.37. The largest absolute Gasteiger partial charge is 0.379 e. The van der Waals surface area contributed by atoms with E-state index in [0.717, 1.165) is 62.4 Å². The zero-order chi connectivity index (χ0) is 19.1. The predicted octanol–water partition coefficient (Wildman–Crippen LogP) is 2.23. The molecule has 1 saturated heterocycles. The molecule has 1 aromatic heterocycles. The zero-order valence-corrected chi connectivity index (χ0v) is 15.8. The number of anilines is 4. The highest BCUT2D eigenvalue weighted by atomic mass is 16.5. The number of aromatic nitrogens is 2. The third kappa shape index (κ3) is 6.19. The molecule has 2 aromatic rings. The first kappa shape index (κ1) is 19.1. The van der Waals surface area contributed by atoms with Gasteiger partial charge in [-0.15, -0.1) is 0 Å². The van der Waals surface area contributed by atoms with Crippen LogP contribution in [0.5, 0.6) is 0 Å².